The molecule has 0 radical (unpaired) electrons. The molecular formula is C21H29NO4. The zero-order chi connectivity index (χ0) is 18.5. The van der Waals surface area contributed by atoms with Crippen molar-refractivity contribution in [2.45, 2.75) is 38.5 Å². The summed E-state index contributed by atoms with van der Waals surface area (Å²) in [5, 5.41) is 0. The first-order valence-electron chi connectivity index (χ1n) is 9.46. The Morgan fingerprint density at radius 2 is 1.65 bits per heavy atom. The van der Waals surface area contributed by atoms with Crippen LogP contribution in [0.25, 0.3) is 5.57 Å². The van der Waals surface area contributed by atoms with Gasteiger partial charge in [0.1, 0.15) is 17.2 Å². The van der Waals surface area contributed by atoms with E-state index in [4.69, 9.17) is 14.2 Å². The quantitative estimate of drug-likeness (QED) is 0.800. The van der Waals surface area contributed by atoms with Gasteiger partial charge in [-0.2, -0.15) is 0 Å². The first-order chi connectivity index (χ1) is 12.7. The number of rotatable bonds is 5. The molecule has 1 saturated carbocycles. The number of benzene rings is 1. The molecule has 142 valence electrons. The van der Waals surface area contributed by atoms with Crippen molar-refractivity contribution in [1.29, 1.82) is 0 Å². The second-order valence-corrected chi connectivity index (χ2v) is 7.01. The number of nitrogens with zero attached hydrogens (tertiary/aromatic N) is 1. The molecule has 1 aromatic rings. The predicted molar refractivity (Wildman–Crippen MR) is 102 cm³/mol. The Bertz CT molecular complexity index is 652. The summed E-state index contributed by atoms with van der Waals surface area (Å²) in [4.78, 5) is 14.8. The van der Waals surface area contributed by atoms with Crippen LogP contribution >= 0.6 is 0 Å². The van der Waals surface area contributed by atoms with E-state index in [1.54, 1.807) is 21.3 Å². The summed E-state index contributed by atoms with van der Waals surface area (Å²) in [5.41, 5.74) is 2.12. The number of carbonyl (C=O) groups excluding carboxylic acids is 1. The molecule has 0 aromatic heterocycles. The number of ether oxygens (including phenoxy) is 3. The maximum absolute atomic E-state index is 12.8. The van der Waals surface area contributed by atoms with Crippen molar-refractivity contribution >= 4 is 11.5 Å². The summed E-state index contributed by atoms with van der Waals surface area (Å²) in [6.45, 7) is 1.41. The van der Waals surface area contributed by atoms with E-state index < -0.39 is 0 Å². The van der Waals surface area contributed by atoms with Gasteiger partial charge in [0.25, 0.3) is 0 Å². The lowest BCUT2D eigenvalue weighted by atomic mass is 9.87. The molecule has 0 saturated heterocycles. The molecule has 1 amide bonds. The molecule has 26 heavy (non-hydrogen) atoms. The second-order valence-electron chi connectivity index (χ2n) is 7.01. The van der Waals surface area contributed by atoms with Gasteiger partial charge in [0.05, 0.1) is 26.9 Å². The molecule has 1 aliphatic carbocycles. The maximum atomic E-state index is 12.8. The van der Waals surface area contributed by atoms with Gasteiger partial charge in [0.2, 0.25) is 5.91 Å². The molecule has 5 nitrogen and oxygen atoms in total. The Balaban J connectivity index is 1.79. The minimum absolute atomic E-state index is 0.226. The molecule has 0 unspecified atom stereocenters. The zero-order valence-corrected chi connectivity index (χ0v) is 16.0. The lowest BCUT2D eigenvalue weighted by Gasteiger charge is -2.32. The summed E-state index contributed by atoms with van der Waals surface area (Å²) in [7, 11) is 4.93. The van der Waals surface area contributed by atoms with Gasteiger partial charge in [0.15, 0.2) is 0 Å². The number of hydrogen-bond donors (Lipinski definition) is 0. The van der Waals surface area contributed by atoms with Crippen molar-refractivity contribution in [3.8, 4) is 17.2 Å². The Kier molecular flexibility index (Phi) is 6.07. The van der Waals surface area contributed by atoms with Crippen LogP contribution in [0.5, 0.6) is 17.2 Å². The van der Waals surface area contributed by atoms with Gasteiger partial charge in [-0.3, -0.25) is 4.79 Å². The van der Waals surface area contributed by atoms with Gasteiger partial charge in [-0.1, -0.05) is 25.3 Å². The Hall–Kier alpha value is -2.17. The summed E-state index contributed by atoms with van der Waals surface area (Å²) in [6, 6.07) is 3.75. The van der Waals surface area contributed by atoms with Gasteiger partial charge in [0, 0.05) is 31.1 Å². The van der Waals surface area contributed by atoms with Crippen molar-refractivity contribution in [1.82, 2.24) is 4.90 Å². The third-order valence-corrected chi connectivity index (χ3v) is 5.51. The van der Waals surface area contributed by atoms with E-state index in [9.17, 15) is 4.79 Å². The van der Waals surface area contributed by atoms with Crippen LogP contribution in [0.3, 0.4) is 0 Å². The summed E-state index contributed by atoms with van der Waals surface area (Å²) in [5.74, 6) is 2.73. The Morgan fingerprint density at radius 1 is 1.00 bits per heavy atom. The monoisotopic (exact) mass is 359 g/mol. The number of methoxy groups -OCH3 is 3. The van der Waals surface area contributed by atoms with Gasteiger partial charge >= 0.3 is 0 Å². The molecule has 5 heteroatoms. The second kappa shape index (κ2) is 8.47. The van der Waals surface area contributed by atoms with Crippen LogP contribution in [-0.4, -0.2) is 45.2 Å². The van der Waals surface area contributed by atoms with Crippen LogP contribution in [0.15, 0.2) is 18.2 Å². The number of amides is 1. The fourth-order valence-corrected chi connectivity index (χ4v) is 4.03. The van der Waals surface area contributed by atoms with Gasteiger partial charge in [-0.25, -0.2) is 0 Å². The molecule has 0 spiro atoms. The average Bonchev–Trinajstić information content (AvgIpc) is 2.72. The third-order valence-electron chi connectivity index (χ3n) is 5.51. The zero-order valence-electron chi connectivity index (χ0n) is 16.0. The minimum atomic E-state index is 0.226. The summed E-state index contributed by atoms with van der Waals surface area (Å²) in [6.07, 6.45) is 8.68. The highest BCUT2D eigenvalue weighted by Gasteiger charge is 2.28. The molecule has 0 N–H and O–H groups in total. The van der Waals surface area contributed by atoms with Gasteiger partial charge in [-0.15, -0.1) is 0 Å². The van der Waals surface area contributed by atoms with E-state index in [1.807, 2.05) is 17.0 Å². The molecule has 1 heterocycles. The molecule has 0 bridgehead atoms. The number of hydrogen-bond acceptors (Lipinski definition) is 4. The van der Waals surface area contributed by atoms with E-state index in [-0.39, 0.29) is 5.92 Å². The smallest absolute Gasteiger partial charge is 0.225 e. The van der Waals surface area contributed by atoms with E-state index in [0.717, 1.165) is 48.4 Å². The standard InChI is InChI=1S/C21H29NO4/c1-24-17-13-18(25-2)20(19(14-17)26-3)15-9-11-22(12-10-15)21(23)16-7-5-4-6-8-16/h9,13-14,16H,4-8,10-12H2,1-3H3. The van der Waals surface area contributed by atoms with Crippen molar-refractivity contribution < 1.29 is 19.0 Å². The maximum Gasteiger partial charge on any atom is 0.225 e. The predicted octanol–water partition coefficient (Wildman–Crippen LogP) is 3.91. The van der Waals surface area contributed by atoms with E-state index in [0.29, 0.717) is 18.2 Å². The van der Waals surface area contributed by atoms with E-state index >= 15 is 0 Å². The topological polar surface area (TPSA) is 48.0 Å². The van der Waals surface area contributed by atoms with Crippen LogP contribution in [-0.2, 0) is 4.79 Å². The van der Waals surface area contributed by atoms with Crippen LogP contribution in [0.4, 0.5) is 0 Å². The van der Waals surface area contributed by atoms with E-state index in [2.05, 4.69) is 6.08 Å². The lowest BCUT2D eigenvalue weighted by molar-refractivity contribution is -0.136. The molecule has 1 aliphatic heterocycles. The van der Waals surface area contributed by atoms with Crippen molar-refractivity contribution in [3.05, 3.63) is 23.8 Å². The molecular weight excluding hydrogens is 330 g/mol. The molecule has 0 atom stereocenters. The lowest BCUT2D eigenvalue weighted by Crippen LogP contribution is -2.39. The van der Waals surface area contributed by atoms with Crippen molar-refractivity contribution in [2.75, 3.05) is 34.4 Å². The number of carbonyl (C=O) groups is 1. The summed E-state index contributed by atoms with van der Waals surface area (Å²) < 4.78 is 16.5. The molecule has 1 fully saturated rings. The molecule has 2 aliphatic rings. The molecule has 1 aromatic carbocycles. The van der Waals surface area contributed by atoms with Gasteiger partial charge in [-0.05, 0) is 24.8 Å². The van der Waals surface area contributed by atoms with E-state index in [1.165, 1.54) is 19.3 Å². The molecule has 3 rings (SSSR count). The Morgan fingerprint density at radius 3 is 2.15 bits per heavy atom. The highest BCUT2D eigenvalue weighted by Crippen LogP contribution is 2.41. The largest absolute Gasteiger partial charge is 0.496 e. The first-order valence-corrected chi connectivity index (χ1v) is 9.46. The Labute approximate surface area is 155 Å². The fourth-order valence-electron chi connectivity index (χ4n) is 4.03. The van der Waals surface area contributed by atoms with Crippen LogP contribution in [0.2, 0.25) is 0 Å². The average molecular weight is 359 g/mol. The summed E-state index contributed by atoms with van der Waals surface area (Å²) >= 11 is 0. The van der Waals surface area contributed by atoms with Crippen LogP contribution < -0.4 is 14.2 Å². The SMILES string of the molecule is COc1cc(OC)c(C2=CCN(C(=O)C3CCCCC3)CC2)c(OC)c1. The first kappa shape index (κ1) is 18.6. The fraction of sp³-hybridized carbons (Fsp3) is 0.571. The highest BCUT2D eigenvalue weighted by atomic mass is 16.5. The normalized spacial score (nSPS) is 18.3. The van der Waals surface area contributed by atoms with Crippen molar-refractivity contribution in [2.24, 2.45) is 5.92 Å². The highest BCUT2D eigenvalue weighted by molar-refractivity contribution is 5.82. The minimum Gasteiger partial charge on any atom is -0.496 e. The van der Waals surface area contributed by atoms with Crippen LogP contribution in [0.1, 0.15) is 44.1 Å². The third kappa shape index (κ3) is 3.81. The van der Waals surface area contributed by atoms with Gasteiger partial charge < -0.3 is 19.1 Å². The van der Waals surface area contributed by atoms with Crippen molar-refractivity contribution in [3.63, 3.8) is 0 Å². The van der Waals surface area contributed by atoms with Crippen LogP contribution in [0, 0.1) is 5.92 Å².